The van der Waals surface area contributed by atoms with Crippen molar-refractivity contribution in [1.82, 2.24) is 15.3 Å². The topological polar surface area (TPSA) is 68.0 Å². The number of amides is 1. The third-order valence-corrected chi connectivity index (χ3v) is 4.37. The van der Waals surface area contributed by atoms with Crippen LogP contribution in [0.2, 0.25) is 0 Å². The number of nitrogens with one attached hydrogen (secondary N) is 1. The molecule has 5 nitrogen and oxygen atoms in total. The number of carbonyl (C=O) groups excluding carboxylic acids is 1. The molecular weight excluding hydrogens is 322 g/mol. The summed E-state index contributed by atoms with van der Waals surface area (Å²) in [5, 5.41) is 5.98. The van der Waals surface area contributed by atoms with Gasteiger partial charge in [0.15, 0.2) is 11.7 Å². The predicted octanol–water partition coefficient (Wildman–Crippen LogP) is 3.40. The molecular formula is C18H19N3O2S. The lowest BCUT2D eigenvalue weighted by atomic mass is 10.2. The molecule has 2 aromatic heterocycles. The summed E-state index contributed by atoms with van der Waals surface area (Å²) in [6.45, 7) is 2.58. The maximum absolute atomic E-state index is 11.9. The van der Waals surface area contributed by atoms with Crippen molar-refractivity contribution in [1.29, 1.82) is 0 Å². The summed E-state index contributed by atoms with van der Waals surface area (Å²) >= 11 is 1.63. The van der Waals surface area contributed by atoms with E-state index in [0.29, 0.717) is 25.3 Å². The number of hydrogen-bond acceptors (Lipinski definition) is 5. The van der Waals surface area contributed by atoms with Gasteiger partial charge in [-0.05, 0) is 6.92 Å². The van der Waals surface area contributed by atoms with Gasteiger partial charge in [0.25, 0.3) is 0 Å². The summed E-state index contributed by atoms with van der Waals surface area (Å²) in [5.41, 5.74) is 2.01. The lowest BCUT2D eigenvalue weighted by Gasteiger charge is -2.02. The summed E-state index contributed by atoms with van der Waals surface area (Å²) in [7, 11) is 0. The van der Waals surface area contributed by atoms with Crippen LogP contribution in [0.1, 0.15) is 23.0 Å². The molecule has 6 heteroatoms. The van der Waals surface area contributed by atoms with Crippen molar-refractivity contribution in [2.45, 2.75) is 26.2 Å². The third kappa shape index (κ3) is 4.52. The Labute approximate surface area is 144 Å². The van der Waals surface area contributed by atoms with Gasteiger partial charge in [0, 0.05) is 36.8 Å². The number of aromatic nitrogens is 2. The van der Waals surface area contributed by atoms with Crippen molar-refractivity contribution in [3.63, 3.8) is 0 Å². The molecule has 124 valence electrons. The summed E-state index contributed by atoms with van der Waals surface area (Å²) in [4.78, 5) is 20.5. The summed E-state index contributed by atoms with van der Waals surface area (Å²) < 4.78 is 5.70. The van der Waals surface area contributed by atoms with Crippen LogP contribution < -0.4 is 5.32 Å². The molecule has 0 radical (unpaired) electrons. The highest BCUT2D eigenvalue weighted by atomic mass is 32.1. The maximum Gasteiger partial charge on any atom is 0.220 e. The molecule has 0 aliphatic heterocycles. The molecule has 0 bridgehead atoms. The van der Waals surface area contributed by atoms with Gasteiger partial charge in [0.05, 0.1) is 16.9 Å². The van der Waals surface area contributed by atoms with E-state index in [4.69, 9.17) is 4.42 Å². The van der Waals surface area contributed by atoms with Crippen molar-refractivity contribution in [3.8, 4) is 11.3 Å². The van der Waals surface area contributed by atoms with Crippen LogP contribution in [0.25, 0.3) is 11.3 Å². The van der Waals surface area contributed by atoms with Gasteiger partial charge in [-0.3, -0.25) is 4.79 Å². The van der Waals surface area contributed by atoms with Gasteiger partial charge in [-0.25, -0.2) is 9.97 Å². The highest BCUT2D eigenvalue weighted by molar-refractivity contribution is 7.09. The Hall–Kier alpha value is -2.47. The first-order valence-corrected chi connectivity index (χ1v) is 8.76. The summed E-state index contributed by atoms with van der Waals surface area (Å²) in [6, 6.07) is 9.80. The lowest BCUT2D eigenvalue weighted by molar-refractivity contribution is -0.121. The lowest BCUT2D eigenvalue weighted by Crippen LogP contribution is -2.26. The number of aryl methyl sites for hydroxylation is 2. The minimum atomic E-state index is 0.00131. The van der Waals surface area contributed by atoms with E-state index >= 15 is 0 Å². The zero-order valence-electron chi connectivity index (χ0n) is 13.5. The fraction of sp³-hybridized carbons (Fsp3) is 0.278. The molecule has 0 aliphatic rings. The second-order valence-electron chi connectivity index (χ2n) is 5.44. The second-order valence-corrected chi connectivity index (χ2v) is 6.50. The Morgan fingerprint density at radius 2 is 2.08 bits per heavy atom. The molecule has 0 saturated heterocycles. The second kappa shape index (κ2) is 7.88. The Bertz CT molecular complexity index is 795. The minimum Gasteiger partial charge on any atom is -0.441 e. The minimum absolute atomic E-state index is 0.00131. The molecule has 1 aromatic carbocycles. The largest absolute Gasteiger partial charge is 0.441 e. The van der Waals surface area contributed by atoms with Crippen LogP contribution in [0, 0.1) is 6.92 Å². The molecule has 2 heterocycles. The molecule has 3 aromatic rings. The van der Waals surface area contributed by atoms with E-state index in [9.17, 15) is 4.79 Å². The van der Waals surface area contributed by atoms with Crippen LogP contribution >= 0.6 is 11.3 Å². The van der Waals surface area contributed by atoms with Crippen molar-refractivity contribution in [2.75, 3.05) is 6.54 Å². The fourth-order valence-corrected chi connectivity index (χ4v) is 2.97. The molecule has 24 heavy (non-hydrogen) atoms. The fourth-order valence-electron chi connectivity index (χ4n) is 2.32. The van der Waals surface area contributed by atoms with Crippen LogP contribution in [-0.4, -0.2) is 22.4 Å². The van der Waals surface area contributed by atoms with Crippen LogP contribution in [0.15, 0.2) is 46.3 Å². The molecule has 1 N–H and O–H groups in total. The van der Waals surface area contributed by atoms with Gasteiger partial charge in [-0.1, -0.05) is 30.3 Å². The number of benzene rings is 1. The zero-order valence-corrected chi connectivity index (χ0v) is 14.3. The van der Waals surface area contributed by atoms with Gasteiger partial charge < -0.3 is 9.73 Å². The number of hydrogen-bond donors (Lipinski definition) is 1. The number of nitrogens with zero attached hydrogens (tertiary/aromatic N) is 2. The third-order valence-electron chi connectivity index (χ3n) is 3.55. The standard InChI is InChI=1S/C18H19N3O2S/c1-13-21-15(12-24-13)9-10-19-17(22)7-8-18-20-11-16(23-18)14-5-3-2-4-6-14/h2-6,11-12H,7-10H2,1H3,(H,19,22). The molecule has 3 rings (SSSR count). The normalized spacial score (nSPS) is 10.7. The van der Waals surface area contributed by atoms with E-state index in [1.807, 2.05) is 42.6 Å². The van der Waals surface area contributed by atoms with Crippen LogP contribution in [0.4, 0.5) is 0 Å². The van der Waals surface area contributed by atoms with E-state index in [2.05, 4.69) is 15.3 Å². The first-order chi connectivity index (χ1) is 11.7. The van der Waals surface area contributed by atoms with Crippen molar-refractivity contribution in [2.24, 2.45) is 0 Å². The van der Waals surface area contributed by atoms with Gasteiger partial charge in [-0.15, -0.1) is 11.3 Å². The monoisotopic (exact) mass is 341 g/mol. The van der Waals surface area contributed by atoms with E-state index in [1.165, 1.54) is 0 Å². The molecule has 0 atom stereocenters. The molecule has 0 unspecified atom stereocenters. The molecule has 0 fully saturated rings. The van der Waals surface area contributed by atoms with Gasteiger partial charge in [0.2, 0.25) is 5.91 Å². The Morgan fingerprint density at radius 1 is 1.25 bits per heavy atom. The van der Waals surface area contributed by atoms with E-state index < -0.39 is 0 Å². The predicted molar refractivity (Wildman–Crippen MR) is 93.8 cm³/mol. The van der Waals surface area contributed by atoms with Crippen LogP contribution in [-0.2, 0) is 17.6 Å². The average molecular weight is 341 g/mol. The van der Waals surface area contributed by atoms with Crippen LogP contribution in [0.5, 0.6) is 0 Å². The molecule has 0 aliphatic carbocycles. The number of carbonyl (C=O) groups is 1. The summed E-state index contributed by atoms with van der Waals surface area (Å²) in [6.07, 6.45) is 3.32. The van der Waals surface area contributed by atoms with E-state index in [1.54, 1.807) is 17.5 Å². The number of rotatable bonds is 7. The Morgan fingerprint density at radius 3 is 2.83 bits per heavy atom. The molecule has 0 spiro atoms. The highest BCUT2D eigenvalue weighted by Crippen LogP contribution is 2.20. The quantitative estimate of drug-likeness (QED) is 0.715. The smallest absolute Gasteiger partial charge is 0.220 e. The van der Waals surface area contributed by atoms with Gasteiger partial charge in [-0.2, -0.15) is 0 Å². The van der Waals surface area contributed by atoms with Crippen molar-refractivity contribution >= 4 is 17.2 Å². The van der Waals surface area contributed by atoms with Crippen molar-refractivity contribution < 1.29 is 9.21 Å². The Kier molecular flexibility index (Phi) is 5.38. The maximum atomic E-state index is 11.9. The average Bonchev–Trinajstić information content (AvgIpc) is 3.23. The summed E-state index contributed by atoms with van der Waals surface area (Å²) in [5.74, 6) is 1.31. The first kappa shape index (κ1) is 16.4. The van der Waals surface area contributed by atoms with Crippen LogP contribution in [0.3, 0.4) is 0 Å². The molecule has 0 saturated carbocycles. The zero-order chi connectivity index (χ0) is 16.8. The number of thiazole rings is 1. The number of oxazole rings is 1. The first-order valence-electron chi connectivity index (χ1n) is 7.88. The van der Waals surface area contributed by atoms with E-state index in [-0.39, 0.29) is 5.91 Å². The SMILES string of the molecule is Cc1nc(CCNC(=O)CCc2ncc(-c3ccccc3)o2)cs1. The molecule has 1 amide bonds. The van der Waals surface area contributed by atoms with E-state index in [0.717, 1.165) is 28.4 Å². The van der Waals surface area contributed by atoms with Gasteiger partial charge >= 0.3 is 0 Å². The van der Waals surface area contributed by atoms with Gasteiger partial charge in [0.1, 0.15) is 0 Å². The van der Waals surface area contributed by atoms with Crippen molar-refractivity contribution in [3.05, 3.63) is 58.5 Å². The Balaban J connectivity index is 1.42. The highest BCUT2D eigenvalue weighted by Gasteiger charge is 2.09.